The van der Waals surface area contributed by atoms with E-state index in [-0.39, 0.29) is 5.56 Å². The Bertz CT molecular complexity index is 328. The number of unbranched alkanes of at least 4 members (excludes halogenated alkanes) is 1. The van der Waals surface area contributed by atoms with Gasteiger partial charge in [0.05, 0.1) is 12.2 Å². The van der Waals surface area contributed by atoms with Crippen molar-refractivity contribution in [2.75, 3.05) is 11.9 Å². The van der Waals surface area contributed by atoms with Gasteiger partial charge in [-0.3, -0.25) is 4.79 Å². The van der Waals surface area contributed by atoms with Crippen molar-refractivity contribution in [3.8, 4) is 5.75 Å². The summed E-state index contributed by atoms with van der Waals surface area (Å²) in [5, 5.41) is 0.939. The Hall–Kier alpha value is -0.900. The molecule has 0 amide bonds. The predicted octanol–water partition coefficient (Wildman–Crippen LogP) is 3.19. The molecule has 15 heavy (non-hydrogen) atoms. The normalized spacial score (nSPS) is 10.0. The summed E-state index contributed by atoms with van der Waals surface area (Å²) in [6.07, 6.45) is 2.43. The molecule has 0 saturated heterocycles. The van der Waals surface area contributed by atoms with Crippen molar-refractivity contribution < 1.29 is 13.9 Å². The molecule has 4 heteroatoms. The Balaban J connectivity index is 2.48. The van der Waals surface area contributed by atoms with Gasteiger partial charge in [-0.15, -0.1) is 0 Å². The standard InChI is InChI=1S/C11H12BrFO2/c12-5-1-2-6-15-10-4-3-9(8-14)11(13)7-10/h3-4,7-8H,1-2,5-6H2. The second-order valence-electron chi connectivity index (χ2n) is 3.05. The van der Waals surface area contributed by atoms with E-state index in [1.165, 1.54) is 12.1 Å². The van der Waals surface area contributed by atoms with Crippen molar-refractivity contribution in [2.45, 2.75) is 12.8 Å². The summed E-state index contributed by atoms with van der Waals surface area (Å²) in [7, 11) is 0. The first-order chi connectivity index (χ1) is 7.27. The third-order valence-electron chi connectivity index (χ3n) is 1.90. The van der Waals surface area contributed by atoms with Gasteiger partial charge in [0.25, 0.3) is 0 Å². The predicted molar refractivity (Wildman–Crippen MR) is 60.3 cm³/mol. The SMILES string of the molecule is O=Cc1ccc(OCCCCBr)cc1F. The van der Waals surface area contributed by atoms with Crippen LogP contribution < -0.4 is 4.74 Å². The molecule has 0 aliphatic carbocycles. The Morgan fingerprint density at radius 2 is 2.20 bits per heavy atom. The van der Waals surface area contributed by atoms with Crippen molar-refractivity contribution in [1.29, 1.82) is 0 Å². The second kappa shape index (κ2) is 6.56. The van der Waals surface area contributed by atoms with Crippen LogP contribution in [0.5, 0.6) is 5.75 Å². The molecule has 0 saturated carbocycles. The molecule has 0 aliphatic heterocycles. The van der Waals surface area contributed by atoms with Gasteiger partial charge >= 0.3 is 0 Å². The molecule has 1 aromatic rings. The van der Waals surface area contributed by atoms with Crippen LogP contribution >= 0.6 is 15.9 Å². The molecule has 0 aliphatic rings. The van der Waals surface area contributed by atoms with Crippen LogP contribution in [0.4, 0.5) is 4.39 Å². The monoisotopic (exact) mass is 274 g/mol. The number of benzene rings is 1. The molecule has 0 atom stereocenters. The summed E-state index contributed by atoms with van der Waals surface area (Å²) in [6, 6.07) is 4.25. The van der Waals surface area contributed by atoms with Crippen LogP contribution in [0, 0.1) is 5.82 Å². The second-order valence-corrected chi connectivity index (χ2v) is 3.84. The van der Waals surface area contributed by atoms with Crippen molar-refractivity contribution in [2.24, 2.45) is 0 Å². The van der Waals surface area contributed by atoms with Crippen molar-refractivity contribution in [3.63, 3.8) is 0 Å². The van der Waals surface area contributed by atoms with Gasteiger partial charge in [0.15, 0.2) is 6.29 Å². The molecule has 0 fully saturated rings. The minimum Gasteiger partial charge on any atom is -0.493 e. The molecule has 0 spiro atoms. The summed E-state index contributed by atoms with van der Waals surface area (Å²) in [5.74, 6) is -0.0735. The van der Waals surface area contributed by atoms with Gasteiger partial charge < -0.3 is 4.74 Å². The number of carbonyl (C=O) groups is 1. The third-order valence-corrected chi connectivity index (χ3v) is 2.46. The fraction of sp³-hybridized carbons (Fsp3) is 0.364. The molecule has 82 valence electrons. The number of carbonyl (C=O) groups excluding carboxylic acids is 1. The average Bonchev–Trinajstić information content (AvgIpc) is 2.25. The molecule has 0 N–H and O–H groups in total. The lowest BCUT2D eigenvalue weighted by Crippen LogP contribution is -1.98. The van der Waals surface area contributed by atoms with Crippen LogP contribution in [0.25, 0.3) is 0 Å². The molecule has 1 rings (SSSR count). The summed E-state index contributed by atoms with van der Waals surface area (Å²) in [4.78, 5) is 10.4. The zero-order valence-corrected chi connectivity index (χ0v) is 9.80. The lowest BCUT2D eigenvalue weighted by molar-refractivity contribution is 0.111. The number of halogens is 2. The molecule has 0 bridgehead atoms. The van der Waals surface area contributed by atoms with Gasteiger partial charge in [0, 0.05) is 11.4 Å². The van der Waals surface area contributed by atoms with E-state index < -0.39 is 5.82 Å². The Morgan fingerprint density at radius 1 is 1.40 bits per heavy atom. The van der Waals surface area contributed by atoms with Crippen LogP contribution in [0.15, 0.2) is 18.2 Å². The Kier molecular flexibility index (Phi) is 5.32. The van der Waals surface area contributed by atoms with Crippen LogP contribution in [-0.4, -0.2) is 18.2 Å². The largest absolute Gasteiger partial charge is 0.493 e. The quantitative estimate of drug-likeness (QED) is 0.453. The average molecular weight is 275 g/mol. The van der Waals surface area contributed by atoms with E-state index >= 15 is 0 Å². The molecule has 0 heterocycles. The molecule has 1 aromatic carbocycles. The maximum Gasteiger partial charge on any atom is 0.152 e. The highest BCUT2D eigenvalue weighted by Crippen LogP contribution is 2.15. The van der Waals surface area contributed by atoms with E-state index in [0.29, 0.717) is 18.6 Å². The highest BCUT2D eigenvalue weighted by molar-refractivity contribution is 9.09. The van der Waals surface area contributed by atoms with Crippen molar-refractivity contribution in [1.82, 2.24) is 0 Å². The fourth-order valence-electron chi connectivity index (χ4n) is 1.08. The maximum absolute atomic E-state index is 13.1. The first kappa shape index (κ1) is 12.2. The van der Waals surface area contributed by atoms with Gasteiger partial charge in [-0.1, -0.05) is 15.9 Å². The Labute approximate surface area is 96.6 Å². The van der Waals surface area contributed by atoms with Crippen LogP contribution in [0.3, 0.4) is 0 Å². The van der Waals surface area contributed by atoms with Crippen molar-refractivity contribution in [3.05, 3.63) is 29.6 Å². The smallest absolute Gasteiger partial charge is 0.152 e. The van der Waals surface area contributed by atoms with Gasteiger partial charge in [-0.05, 0) is 25.0 Å². The molecule has 0 radical (unpaired) electrons. The van der Waals surface area contributed by atoms with E-state index in [2.05, 4.69) is 15.9 Å². The third kappa shape index (κ3) is 4.00. The summed E-state index contributed by atoms with van der Waals surface area (Å²) < 4.78 is 18.4. The van der Waals surface area contributed by atoms with Crippen LogP contribution in [0.2, 0.25) is 0 Å². The lowest BCUT2D eigenvalue weighted by atomic mass is 10.2. The van der Waals surface area contributed by atoms with E-state index in [1.807, 2.05) is 0 Å². The fourth-order valence-corrected chi connectivity index (χ4v) is 1.48. The first-order valence-corrected chi connectivity index (χ1v) is 5.83. The highest BCUT2D eigenvalue weighted by atomic mass is 79.9. The van der Waals surface area contributed by atoms with Gasteiger partial charge in [0.2, 0.25) is 0 Å². The van der Waals surface area contributed by atoms with E-state index in [4.69, 9.17) is 4.74 Å². The van der Waals surface area contributed by atoms with Gasteiger partial charge in [-0.25, -0.2) is 4.39 Å². The summed E-state index contributed by atoms with van der Waals surface area (Å²) in [5.41, 5.74) is 0.0582. The molecule has 2 nitrogen and oxygen atoms in total. The van der Waals surface area contributed by atoms with Crippen LogP contribution in [-0.2, 0) is 0 Å². The highest BCUT2D eigenvalue weighted by Gasteiger charge is 2.02. The number of rotatable bonds is 6. The number of ether oxygens (including phenoxy) is 1. The summed E-state index contributed by atoms with van der Waals surface area (Å²) in [6.45, 7) is 0.561. The lowest BCUT2D eigenvalue weighted by Gasteiger charge is -2.05. The van der Waals surface area contributed by atoms with Gasteiger partial charge in [-0.2, -0.15) is 0 Å². The zero-order chi connectivity index (χ0) is 11.1. The molecular formula is C11H12BrFO2. The zero-order valence-electron chi connectivity index (χ0n) is 8.21. The summed E-state index contributed by atoms with van der Waals surface area (Å²) >= 11 is 3.31. The number of aldehydes is 1. The molecule has 0 aromatic heterocycles. The van der Waals surface area contributed by atoms with Crippen molar-refractivity contribution >= 4 is 22.2 Å². The first-order valence-electron chi connectivity index (χ1n) is 4.71. The van der Waals surface area contributed by atoms with Gasteiger partial charge in [0.1, 0.15) is 11.6 Å². The molecular weight excluding hydrogens is 263 g/mol. The number of alkyl halides is 1. The van der Waals surface area contributed by atoms with E-state index in [0.717, 1.165) is 18.2 Å². The van der Waals surface area contributed by atoms with Crippen LogP contribution in [0.1, 0.15) is 23.2 Å². The van der Waals surface area contributed by atoms with E-state index in [1.54, 1.807) is 6.07 Å². The van der Waals surface area contributed by atoms with E-state index in [9.17, 15) is 9.18 Å². The maximum atomic E-state index is 13.1. The number of hydrogen-bond donors (Lipinski definition) is 0. The molecule has 0 unspecified atom stereocenters. The minimum atomic E-state index is -0.539. The topological polar surface area (TPSA) is 26.3 Å². The number of hydrogen-bond acceptors (Lipinski definition) is 2. The Morgan fingerprint density at radius 3 is 2.80 bits per heavy atom. The minimum absolute atomic E-state index is 0.0582.